The molecule has 5 heteroatoms. The van der Waals surface area contributed by atoms with Gasteiger partial charge in [-0.3, -0.25) is 4.79 Å². The maximum atomic E-state index is 12.4. The van der Waals surface area contributed by atoms with Crippen LogP contribution in [0.5, 0.6) is 0 Å². The Bertz CT molecular complexity index is 415. The molecule has 0 bridgehead atoms. The highest BCUT2D eigenvalue weighted by Crippen LogP contribution is 2.45. The number of carbonyl (C=O) groups excluding carboxylic acids is 1. The van der Waals surface area contributed by atoms with Gasteiger partial charge in [-0.15, -0.1) is 11.8 Å². The van der Waals surface area contributed by atoms with Crippen LogP contribution in [0.4, 0.5) is 0 Å². The zero-order valence-electron chi connectivity index (χ0n) is 13.4. The monoisotopic (exact) mass is 324 g/mol. The molecular formula is C17H28N2O2S. The van der Waals surface area contributed by atoms with Crippen LogP contribution in [0, 0.1) is 11.8 Å². The molecule has 1 atom stereocenters. The number of ether oxygens (including phenoxy) is 1. The normalized spacial score (nSPS) is 31.5. The van der Waals surface area contributed by atoms with E-state index in [0.29, 0.717) is 22.6 Å². The fraction of sp³-hybridized carbons (Fsp3) is 0.941. The summed E-state index contributed by atoms with van der Waals surface area (Å²) in [6, 6.07) is 0.679. The van der Waals surface area contributed by atoms with Crippen LogP contribution in [-0.4, -0.2) is 60.2 Å². The van der Waals surface area contributed by atoms with Crippen molar-refractivity contribution in [3.8, 4) is 0 Å². The van der Waals surface area contributed by atoms with E-state index in [1.807, 2.05) is 0 Å². The first-order chi connectivity index (χ1) is 10.7. The average Bonchev–Trinajstić information content (AvgIpc) is 3.22. The van der Waals surface area contributed by atoms with E-state index in [0.717, 1.165) is 51.5 Å². The number of nitrogens with zero attached hydrogens (tertiary/aromatic N) is 1. The molecule has 3 aliphatic heterocycles. The molecule has 0 radical (unpaired) electrons. The third-order valence-corrected chi connectivity index (χ3v) is 7.32. The summed E-state index contributed by atoms with van der Waals surface area (Å²) in [4.78, 5) is 14.5. The molecule has 1 saturated carbocycles. The van der Waals surface area contributed by atoms with Crippen LogP contribution < -0.4 is 5.32 Å². The van der Waals surface area contributed by atoms with Gasteiger partial charge in [-0.2, -0.15) is 0 Å². The van der Waals surface area contributed by atoms with Gasteiger partial charge in [-0.1, -0.05) is 0 Å². The molecule has 1 aliphatic carbocycles. The second kappa shape index (κ2) is 6.33. The summed E-state index contributed by atoms with van der Waals surface area (Å²) in [6.45, 7) is 4.87. The Hall–Kier alpha value is -0.260. The van der Waals surface area contributed by atoms with Crippen LogP contribution in [0.15, 0.2) is 0 Å². The molecule has 1 N–H and O–H groups in total. The maximum absolute atomic E-state index is 12.4. The summed E-state index contributed by atoms with van der Waals surface area (Å²) in [5.74, 6) is 3.13. The first-order valence-corrected chi connectivity index (χ1v) is 9.94. The van der Waals surface area contributed by atoms with Crippen molar-refractivity contribution >= 4 is 17.7 Å². The van der Waals surface area contributed by atoms with Gasteiger partial charge in [0.2, 0.25) is 5.91 Å². The molecular weight excluding hydrogens is 296 g/mol. The quantitative estimate of drug-likeness (QED) is 0.838. The summed E-state index contributed by atoms with van der Waals surface area (Å²) >= 11 is 2.10. The standard InChI is InChI=1S/C17H28N2O2S/c20-16(7-13-3-5-21-6-4-13)19-11-17(12-19)8-15(10-22-17)18-9-14-1-2-14/h13-15,18H,1-12H2. The minimum atomic E-state index is 0.382. The Balaban J connectivity index is 1.19. The molecule has 4 rings (SSSR count). The number of hydrogen-bond acceptors (Lipinski definition) is 4. The van der Waals surface area contributed by atoms with E-state index in [1.165, 1.54) is 31.6 Å². The molecule has 4 fully saturated rings. The topological polar surface area (TPSA) is 41.6 Å². The molecule has 4 nitrogen and oxygen atoms in total. The van der Waals surface area contributed by atoms with Gasteiger partial charge in [0.1, 0.15) is 0 Å². The Labute approximate surface area is 137 Å². The molecule has 4 aliphatic rings. The van der Waals surface area contributed by atoms with Gasteiger partial charge < -0.3 is 15.0 Å². The van der Waals surface area contributed by atoms with Gasteiger partial charge in [-0.25, -0.2) is 0 Å². The second-order valence-corrected chi connectivity index (χ2v) is 9.24. The first-order valence-electron chi connectivity index (χ1n) is 8.95. The molecule has 0 aromatic carbocycles. The number of thioether (sulfide) groups is 1. The molecule has 1 unspecified atom stereocenters. The lowest BCUT2D eigenvalue weighted by molar-refractivity contribution is -0.138. The summed E-state index contributed by atoms with van der Waals surface area (Å²) in [5.41, 5.74) is 0. The van der Waals surface area contributed by atoms with Gasteiger partial charge in [-0.05, 0) is 50.5 Å². The summed E-state index contributed by atoms with van der Waals surface area (Å²) < 4.78 is 5.76. The van der Waals surface area contributed by atoms with Gasteiger partial charge in [0, 0.05) is 44.5 Å². The number of likely N-dealkylation sites (tertiary alicyclic amines) is 1. The molecule has 3 heterocycles. The van der Waals surface area contributed by atoms with E-state index < -0.39 is 0 Å². The minimum Gasteiger partial charge on any atom is -0.381 e. The number of amides is 1. The van der Waals surface area contributed by atoms with Crippen LogP contribution in [0.3, 0.4) is 0 Å². The Morgan fingerprint density at radius 1 is 1.18 bits per heavy atom. The molecule has 0 aromatic rings. The average molecular weight is 324 g/mol. The molecule has 124 valence electrons. The number of hydrogen-bond donors (Lipinski definition) is 1. The van der Waals surface area contributed by atoms with Crippen LogP contribution in [0.25, 0.3) is 0 Å². The zero-order valence-corrected chi connectivity index (χ0v) is 14.2. The molecule has 0 aromatic heterocycles. The van der Waals surface area contributed by atoms with Crippen LogP contribution in [-0.2, 0) is 9.53 Å². The lowest BCUT2D eigenvalue weighted by Gasteiger charge is -2.48. The smallest absolute Gasteiger partial charge is 0.222 e. The van der Waals surface area contributed by atoms with Gasteiger partial charge in [0.05, 0.1) is 4.75 Å². The van der Waals surface area contributed by atoms with E-state index in [9.17, 15) is 4.79 Å². The SMILES string of the molecule is O=C(CC1CCOCC1)N1CC2(CC(NCC3CC3)CS2)C1. The maximum Gasteiger partial charge on any atom is 0.222 e. The highest BCUT2D eigenvalue weighted by molar-refractivity contribution is 8.01. The van der Waals surface area contributed by atoms with E-state index in [1.54, 1.807) is 0 Å². The van der Waals surface area contributed by atoms with Crippen LogP contribution >= 0.6 is 11.8 Å². The Morgan fingerprint density at radius 3 is 2.68 bits per heavy atom. The van der Waals surface area contributed by atoms with Crippen molar-refractivity contribution in [1.82, 2.24) is 10.2 Å². The summed E-state index contributed by atoms with van der Waals surface area (Å²) in [7, 11) is 0. The van der Waals surface area contributed by atoms with Crippen molar-refractivity contribution in [2.45, 2.75) is 49.3 Å². The fourth-order valence-electron chi connectivity index (χ4n) is 4.00. The van der Waals surface area contributed by atoms with Crippen molar-refractivity contribution in [3.05, 3.63) is 0 Å². The third kappa shape index (κ3) is 3.46. The summed E-state index contributed by atoms with van der Waals surface area (Å²) in [6.07, 6.45) is 6.97. The minimum absolute atomic E-state index is 0.382. The van der Waals surface area contributed by atoms with Crippen molar-refractivity contribution in [3.63, 3.8) is 0 Å². The number of rotatable bonds is 5. The Kier molecular flexibility index (Phi) is 4.39. The van der Waals surface area contributed by atoms with Gasteiger partial charge in [0.25, 0.3) is 0 Å². The van der Waals surface area contributed by atoms with Crippen LogP contribution in [0.2, 0.25) is 0 Å². The van der Waals surface area contributed by atoms with Crippen molar-refractivity contribution < 1.29 is 9.53 Å². The van der Waals surface area contributed by atoms with E-state index in [-0.39, 0.29) is 0 Å². The number of nitrogens with one attached hydrogen (secondary N) is 1. The molecule has 1 spiro atoms. The predicted molar refractivity (Wildman–Crippen MR) is 89.1 cm³/mol. The van der Waals surface area contributed by atoms with Crippen molar-refractivity contribution in [2.24, 2.45) is 11.8 Å². The van der Waals surface area contributed by atoms with Gasteiger partial charge in [0.15, 0.2) is 0 Å². The van der Waals surface area contributed by atoms with E-state index in [4.69, 9.17) is 4.74 Å². The largest absolute Gasteiger partial charge is 0.381 e. The molecule has 1 amide bonds. The summed E-state index contributed by atoms with van der Waals surface area (Å²) in [5, 5.41) is 3.74. The predicted octanol–water partition coefficient (Wildman–Crippen LogP) is 1.89. The third-order valence-electron chi connectivity index (χ3n) is 5.72. The fourth-order valence-corrected chi connectivity index (χ4v) is 5.61. The zero-order chi connectivity index (χ0) is 15.0. The highest BCUT2D eigenvalue weighted by Gasteiger charge is 2.50. The van der Waals surface area contributed by atoms with E-state index in [2.05, 4.69) is 22.0 Å². The van der Waals surface area contributed by atoms with Gasteiger partial charge >= 0.3 is 0 Å². The molecule has 3 saturated heterocycles. The lowest BCUT2D eigenvalue weighted by atomic mass is 9.89. The molecule has 22 heavy (non-hydrogen) atoms. The Morgan fingerprint density at radius 2 is 1.95 bits per heavy atom. The van der Waals surface area contributed by atoms with Crippen LogP contribution in [0.1, 0.15) is 38.5 Å². The lowest BCUT2D eigenvalue weighted by Crippen LogP contribution is -2.61. The first kappa shape index (κ1) is 15.3. The van der Waals surface area contributed by atoms with Crippen molar-refractivity contribution in [2.75, 3.05) is 38.6 Å². The highest BCUT2D eigenvalue weighted by atomic mass is 32.2. The van der Waals surface area contributed by atoms with Crippen molar-refractivity contribution in [1.29, 1.82) is 0 Å². The second-order valence-electron chi connectivity index (χ2n) is 7.76. The number of carbonyl (C=O) groups is 1. The van der Waals surface area contributed by atoms with E-state index >= 15 is 0 Å².